The van der Waals surface area contributed by atoms with Crippen molar-refractivity contribution in [3.8, 4) is 0 Å². The molecule has 0 aliphatic heterocycles. The Kier molecular flexibility index (Phi) is 76.8. The van der Waals surface area contributed by atoms with Crippen LogP contribution in [-0.4, -0.2) is 47.4 Å². The van der Waals surface area contributed by atoms with Crippen LogP contribution in [0.1, 0.15) is 476 Å². The Morgan fingerprint density at radius 3 is 0.807 bits per heavy atom. The molecule has 0 radical (unpaired) electrons. The summed E-state index contributed by atoms with van der Waals surface area (Å²) in [5.41, 5.74) is 0. The lowest BCUT2D eigenvalue weighted by molar-refractivity contribution is -0.143. The maximum absolute atomic E-state index is 12.6. The Balaban J connectivity index is 3.34. The summed E-state index contributed by atoms with van der Waals surface area (Å²) in [6, 6.07) is -0.541. The van der Waals surface area contributed by atoms with Crippen LogP contribution in [0.15, 0.2) is 12.2 Å². The third kappa shape index (κ3) is 73.6. The first-order valence-electron chi connectivity index (χ1n) is 40.9. The second kappa shape index (κ2) is 78.0. The molecule has 0 aromatic rings. The highest BCUT2D eigenvalue weighted by Gasteiger charge is 2.20. The number of nitrogens with one attached hydrogen (secondary N) is 1. The van der Waals surface area contributed by atoms with Crippen LogP contribution in [0.25, 0.3) is 0 Å². The lowest BCUT2D eigenvalue weighted by Gasteiger charge is -2.22. The van der Waals surface area contributed by atoms with Gasteiger partial charge in [-0.05, 0) is 51.4 Å². The standard InChI is InChI=1S/C82H161NO5/c1-3-5-7-9-11-13-15-17-19-21-23-24-35-39-42-46-50-54-58-62-66-70-74-80(85)79(78-84)83-81(86)75-71-67-63-59-55-51-47-43-40-36-33-31-29-27-25-26-28-30-32-34-37-41-45-49-53-57-61-65-69-73-77-88-82(87)76-72-68-64-60-56-52-48-44-38-22-20-18-16-14-12-10-8-6-4-2/h26,28,79-80,84-85H,3-25,27,29-78H2,1-2H3,(H,83,86)/b28-26-. The molecular formula is C82H161NO5. The SMILES string of the molecule is CCCCCCCCCCCCCCCCCCCCCCCCC(O)C(CO)NC(=O)CCCCCCCCCCCCCCCC/C=C\CCCCCCCCCCCCCCOC(=O)CCCCCCCCCCCCCCCCCCCCC. The molecule has 0 heterocycles. The second-order valence-electron chi connectivity index (χ2n) is 28.5. The minimum absolute atomic E-state index is 0.0234. The van der Waals surface area contributed by atoms with Gasteiger partial charge in [0.1, 0.15) is 0 Å². The average Bonchev–Trinajstić information content (AvgIpc) is 3.58. The number of allylic oxidation sites excluding steroid dienone is 2. The fourth-order valence-electron chi connectivity index (χ4n) is 13.3. The van der Waals surface area contributed by atoms with Gasteiger partial charge in [0.2, 0.25) is 5.91 Å². The van der Waals surface area contributed by atoms with E-state index in [-0.39, 0.29) is 18.5 Å². The van der Waals surface area contributed by atoms with Gasteiger partial charge in [-0.1, -0.05) is 424 Å². The van der Waals surface area contributed by atoms with Crippen molar-refractivity contribution in [2.24, 2.45) is 0 Å². The van der Waals surface area contributed by atoms with Crippen molar-refractivity contribution in [2.45, 2.75) is 488 Å². The van der Waals surface area contributed by atoms with Gasteiger partial charge in [-0.3, -0.25) is 9.59 Å². The maximum atomic E-state index is 12.6. The number of unbranched alkanes of at least 4 members (excludes halogenated alkanes) is 65. The smallest absolute Gasteiger partial charge is 0.305 e. The number of hydrogen-bond acceptors (Lipinski definition) is 5. The van der Waals surface area contributed by atoms with E-state index < -0.39 is 12.1 Å². The molecule has 524 valence electrons. The van der Waals surface area contributed by atoms with Gasteiger partial charge in [0.05, 0.1) is 25.4 Å². The molecule has 1 amide bonds. The van der Waals surface area contributed by atoms with Gasteiger partial charge >= 0.3 is 5.97 Å². The first-order chi connectivity index (χ1) is 43.5. The van der Waals surface area contributed by atoms with Crippen molar-refractivity contribution < 1.29 is 24.5 Å². The molecule has 0 fully saturated rings. The van der Waals surface area contributed by atoms with E-state index in [2.05, 4.69) is 31.3 Å². The minimum atomic E-state index is -0.664. The van der Waals surface area contributed by atoms with Gasteiger partial charge in [-0.25, -0.2) is 0 Å². The summed E-state index contributed by atoms with van der Waals surface area (Å²) in [6.45, 7) is 5.02. The highest BCUT2D eigenvalue weighted by Crippen LogP contribution is 2.21. The summed E-state index contributed by atoms with van der Waals surface area (Å²) in [5, 5.41) is 23.5. The van der Waals surface area contributed by atoms with Gasteiger partial charge in [0.15, 0.2) is 0 Å². The zero-order valence-corrected chi connectivity index (χ0v) is 60.3. The summed E-state index contributed by atoms with van der Waals surface area (Å²) in [7, 11) is 0. The molecule has 0 aliphatic carbocycles. The van der Waals surface area contributed by atoms with Gasteiger partial charge in [0, 0.05) is 12.8 Å². The van der Waals surface area contributed by atoms with Crippen LogP contribution in [0.5, 0.6) is 0 Å². The summed E-state index contributed by atoms with van der Waals surface area (Å²) >= 11 is 0. The van der Waals surface area contributed by atoms with Crippen molar-refractivity contribution in [2.75, 3.05) is 13.2 Å². The van der Waals surface area contributed by atoms with Crippen LogP contribution in [0.3, 0.4) is 0 Å². The Morgan fingerprint density at radius 1 is 0.307 bits per heavy atom. The lowest BCUT2D eigenvalue weighted by atomic mass is 10.0. The zero-order valence-electron chi connectivity index (χ0n) is 60.3. The molecule has 0 spiro atoms. The van der Waals surface area contributed by atoms with Gasteiger partial charge < -0.3 is 20.3 Å². The van der Waals surface area contributed by atoms with Crippen molar-refractivity contribution >= 4 is 11.9 Å². The summed E-state index contributed by atoms with van der Waals surface area (Å²) < 4.78 is 5.52. The molecule has 6 nitrogen and oxygen atoms in total. The molecular weight excluding hydrogens is 1080 g/mol. The van der Waals surface area contributed by atoms with E-state index in [0.29, 0.717) is 25.9 Å². The average molecular weight is 1240 g/mol. The van der Waals surface area contributed by atoms with Crippen LogP contribution >= 0.6 is 0 Å². The van der Waals surface area contributed by atoms with Gasteiger partial charge in [0.25, 0.3) is 0 Å². The third-order valence-corrected chi connectivity index (χ3v) is 19.6. The Hall–Kier alpha value is -1.40. The lowest BCUT2D eigenvalue weighted by Crippen LogP contribution is -2.45. The fraction of sp³-hybridized carbons (Fsp3) is 0.951. The predicted octanol–water partition coefficient (Wildman–Crippen LogP) is 27.1. The van der Waals surface area contributed by atoms with Crippen LogP contribution < -0.4 is 5.32 Å². The zero-order chi connectivity index (χ0) is 63.5. The Labute approximate surface area is 552 Å². The van der Waals surface area contributed by atoms with E-state index in [4.69, 9.17) is 4.74 Å². The molecule has 0 rings (SSSR count). The molecule has 0 bridgehead atoms. The number of aliphatic hydroxyl groups is 2. The Bertz CT molecular complexity index is 1340. The first-order valence-corrected chi connectivity index (χ1v) is 40.9. The largest absolute Gasteiger partial charge is 0.466 e. The molecule has 2 atom stereocenters. The normalized spacial score (nSPS) is 12.5. The number of rotatable bonds is 78. The monoisotopic (exact) mass is 1240 g/mol. The second-order valence-corrected chi connectivity index (χ2v) is 28.5. The molecule has 0 saturated heterocycles. The van der Waals surface area contributed by atoms with Gasteiger partial charge in [-0.2, -0.15) is 0 Å². The number of aliphatic hydroxyl groups excluding tert-OH is 2. The maximum Gasteiger partial charge on any atom is 0.305 e. The van der Waals surface area contributed by atoms with E-state index in [1.807, 2.05) is 0 Å². The van der Waals surface area contributed by atoms with E-state index in [0.717, 1.165) is 38.5 Å². The van der Waals surface area contributed by atoms with Gasteiger partial charge in [-0.15, -0.1) is 0 Å². The topological polar surface area (TPSA) is 95.9 Å². The van der Waals surface area contributed by atoms with Crippen molar-refractivity contribution in [1.82, 2.24) is 5.32 Å². The van der Waals surface area contributed by atoms with Crippen LogP contribution in [-0.2, 0) is 14.3 Å². The minimum Gasteiger partial charge on any atom is -0.466 e. The first kappa shape index (κ1) is 86.6. The molecule has 2 unspecified atom stereocenters. The van der Waals surface area contributed by atoms with Crippen molar-refractivity contribution in [3.63, 3.8) is 0 Å². The Morgan fingerprint density at radius 2 is 0.534 bits per heavy atom. The number of amides is 1. The number of ether oxygens (including phenoxy) is 1. The van der Waals surface area contributed by atoms with E-state index in [9.17, 15) is 19.8 Å². The molecule has 3 N–H and O–H groups in total. The summed E-state index contributed by atoms with van der Waals surface area (Å²) in [4.78, 5) is 24.7. The quantitative estimate of drug-likeness (QED) is 0.0320. The number of esters is 1. The number of carbonyl (C=O) groups excluding carboxylic acids is 2. The van der Waals surface area contributed by atoms with Crippen LogP contribution in [0.2, 0.25) is 0 Å². The highest BCUT2D eigenvalue weighted by atomic mass is 16.5. The van der Waals surface area contributed by atoms with Crippen molar-refractivity contribution in [3.05, 3.63) is 12.2 Å². The van der Waals surface area contributed by atoms with E-state index in [1.54, 1.807) is 0 Å². The van der Waals surface area contributed by atoms with Crippen molar-refractivity contribution in [1.29, 1.82) is 0 Å². The fourth-order valence-corrected chi connectivity index (χ4v) is 13.3. The van der Waals surface area contributed by atoms with Crippen LogP contribution in [0.4, 0.5) is 0 Å². The molecule has 0 saturated carbocycles. The van der Waals surface area contributed by atoms with E-state index >= 15 is 0 Å². The van der Waals surface area contributed by atoms with Crippen LogP contribution in [0, 0.1) is 0 Å². The number of hydrogen-bond donors (Lipinski definition) is 3. The summed E-state index contributed by atoms with van der Waals surface area (Å²) in [5.74, 6) is -0.00407. The summed E-state index contributed by atoms with van der Waals surface area (Å²) in [6.07, 6.45) is 98.8. The molecule has 6 heteroatoms. The highest BCUT2D eigenvalue weighted by molar-refractivity contribution is 5.76. The molecule has 0 aliphatic rings. The molecule has 0 aromatic heterocycles. The van der Waals surface area contributed by atoms with E-state index in [1.165, 1.54) is 405 Å². The predicted molar refractivity (Wildman–Crippen MR) is 389 cm³/mol. The molecule has 0 aromatic carbocycles. The number of carbonyl (C=O) groups is 2. The third-order valence-electron chi connectivity index (χ3n) is 19.6. The molecule has 88 heavy (non-hydrogen) atoms.